The Morgan fingerprint density at radius 2 is 1.73 bits per heavy atom. The smallest absolute Gasteiger partial charge is 0.193 e. The third-order valence-corrected chi connectivity index (χ3v) is 6.91. The van der Waals surface area contributed by atoms with Crippen molar-refractivity contribution in [3.8, 4) is 0 Å². The van der Waals surface area contributed by atoms with Crippen LogP contribution in [-0.2, 0) is 4.74 Å². The number of hydrogen-bond acceptors (Lipinski definition) is 3. The molecule has 2 N–H and O–H groups in total. The summed E-state index contributed by atoms with van der Waals surface area (Å²) in [5.74, 6) is 1.06. The number of guanidine groups is 1. The minimum atomic E-state index is -0.0886. The Kier molecular flexibility index (Phi) is 7.21. The quantitative estimate of drug-likeness (QED) is 0.593. The van der Waals surface area contributed by atoms with E-state index in [1.54, 1.807) is 0 Å². The van der Waals surface area contributed by atoms with E-state index < -0.39 is 0 Å². The van der Waals surface area contributed by atoms with Gasteiger partial charge < -0.3 is 20.1 Å². The highest BCUT2D eigenvalue weighted by molar-refractivity contribution is 5.80. The van der Waals surface area contributed by atoms with Gasteiger partial charge in [-0.05, 0) is 50.9 Å². The van der Waals surface area contributed by atoms with Crippen LogP contribution in [0.5, 0.6) is 0 Å². The van der Waals surface area contributed by atoms with Gasteiger partial charge >= 0.3 is 0 Å². The first-order valence-electron chi connectivity index (χ1n) is 10.9. The summed E-state index contributed by atoms with van der Waals surface area (Å²) in [7, 11) is 0. The number of ether oxygens (including phenoxy) is 1. The van der Waals surface area contributed by atoms with Crippen molar-refractivity contribution in [2.24, 2.45) is 15.8 Å². The van der Waals surface area contributed by atoms with Crippen LogP contribution in [-0.4, -0.2) is 62.0 Å². The Hall–Kier alpha value is -0.810. The number of aliphatic hydroxyl groups is 1. The summed E-state index contributed by atoms with van der Waals surface area (Å²) in [5.41, 5.74) is 0.424. The lowest BCUT2D eigenvalue weighted by molar-refractivity contribution is -0.0108. The first-order valence-corrected chi connectivity index (χ1v) is 10.9. The van der Waals surface area contributed by atoms with E-state index in [0.29, 0.717) is 12.0 Å². The molecule has 0 radical (unpaired) electrons. The number of hydrogen-bond donors (Lipinski definition) is 2. The van der Waals surface area contributed by atoms with Crippen molar-refractivity contribution in [1.29, 1.82) is 0 Å². The highest BCUT2D eigenvalue weighted by Crippen LogP contribution is 2.42. The summed E-state index contributed by atoms with van der Waals surface area (Å²) < 4.78 is 5.50. The first kappa shape index (κ1) is 19.9. The Balaban J connectivity index is 1.69. The summed E-state index contributed by atoms with van der Waals surface area (Å²) in [6, 6.07) is 0. The second-order valence-corrected chi connectivity index (χ2v) is 8.88. The molecule has 2 saturated heterocycles. The van der Waals surface area contributed by atoms with Gasteiger partial charge in [0.05, 0.1) is 13.2 Å². The maximum absolute atomic E-state index is 9.97. The lowest BCUT2D eigenvalue weighted by Crippen LogP contribution is -2.51. The molecule has 3 aliphatic rings. The molecule has 0 atom stereocenters. The molecule has 2 heterocycles. The molecule has 0 unspecified atom stereocenters. The van der Waals surface area contributed by atoms with Gasteiger partial charge in [0.1, 0.15) is 0 Å². The van der Waals surface area contributed by atoms with Gasteiger partial charge in [0.2, 0.25) is 0 Å². The van der Waals surface area contributed by atoms with Gasteiger partial charge in [-0.1, -0.05) is 25.7 Å². The molecule has 3 rings (SSSR count). The van der Waals surface area contributed by atoms with Crippen LogP contribution in [0.15, 0.2) is 4.99 Å². The molecule has 5 heteroatoms. The van der Waals surface area contributed by atoms with Crippen LogP contribution in [0.4, 0.5) is 0 Å². The summed E-state index contributed by atoms with van der Waals surface area (Å²) in [5, 5.41) is 13.5. The van der Waals surface area contributed by atoms with Crippen LogP contribution in [0.25, 0.3) is 0 Å². The largest absolute Gasteiger partial charge is 0.396 e. The summed E-state index contributed by atoms with van der Waals surface area (Å²) >= 11 is 0. The third kappa shape index (κ3) is 4.92. The summed E-state index contributed by atoms with van der Waals surface area (Å²) in [6.45, 7) is 7.74. The highest BCUT2D eigenvalue weighted by Gasteiger charge is 2.37. The van der Waals surface area contributed by atoms with Gasteiger partial charge in [0.15, 0.2) is 5.96 Å². The van der Waals surface area contributed by atoms with Crippen LogP contribution < -0.4 is 5.32 Å². The van der Waals surface area contributed by atoms with Gasteiger partial charge in [-0.25, -0.2) is 0 Å². The monoisotopic (exact) mass is 365 g/mol. The molecule has 3 fully saturated rings. The molecule has 0 bridgehead atoms. The SMILES string of the molecule is CCNC(=NCC1(CO)CCOCC1)N1CCCC2(CCCCCC2)C1. The van der Waals surface area contributed by atoms with E-state index in [1.807, 2.05) is 0 Å². The van der Waals surface area contributed by atoms with Crippen LogP contribution in [0.2, 0.25) is 0 Å². The van der Waals surface area contributed by atoms with Crippen LogP contribution in [0.1, 0.15) is 71.1 Å². The van der Waals surface area contributed by atoms with Crippen molar-refractivity contribution in [3.05, 3.63) is 0 Å². The zero-order valence-electron chi connectivity index (χ0n) is 16.8. The van der Waals surface area contributed by atoms with Crippen LogP contribution in [0, 0.1) is 10.8 Å². The second-order valence-electron chi connectivity index (χ2n) is 8.88. The first-order chi connectivity index (χ1) is 12.7. The minimum Gasteiger partial charge on any atom is -0.396 e. The van der Waals surface area contributed by atoms with Crippen LogP contribution in [0.3, 0.4) is 0 Å². The third-order valence-electron chi connectivity index (χ3n) is 6.91. The molecule has 0 aromatic carbocycles. The standard InChI is InChI=1S/C21H39N3O2/c1-2-22-19(23-16-21(18-25)11-14-26-15-12-21)24-13-7-10-20(17-24)8-5-3-4-6-9-20/h25H,2-18H2,1H3,(H,22,23). The number of rotatable bonds is 4. The molecule has 2 aliphatic heterocycles. The number of nitrogens with zero attached hydrogens (tertiary/aromatic N) is 2. The van der Waals surface area contributed by atoms with E-state index in [4.69, 9.17) is 9.73 Å². The normalized spacial score (nSPS) is 26.5. The van der Waals surface area contributed by atoms with E-state index in [-0.39, 0.29) is 12.0 Å². The van der Waals surface area contributed by atoms with Crippen molar-refractivity contribution in [1.82, 2.24) is 10.2 Å². The van der Waals surface area contributed by atoms with Crippen molar-refractivity contribution in [2.75, 3.05) is 46.0 Å². The van der Waals surface area contributed by atoms with Gasteiger partial charge in [0.25, 0.3) is 0 Å². The fourth-order valence-electron chi connectivity index (χ4n) is 5.11. The number of nitrogens with one attached hydrogen (secondary N) is 1. The number of piperidine rings is 1. The average molecular weight is 366 g/mol. The second kappa shape index (κ2) is 9.41. The van der Waals surface area contributed by atoms with Crippen molar-refractivity contribution < 1.29 is 9.84 Å². The van der Waals surface area contributed by atoms with Gasteiger partial charge in [-0.15, -0.1) is 0 Å². The summed E-state index contributed by atoms with van der Waals surface area (Å²) in [4.78, 5) is 7.54. The predicted molar refractivity (Wildman–Crippen MR) is 106 cm³/mol. The number of aliphatic hydroxyl groups excluding tert-OH is 1. The number of likely N-dealkylation sites (tertiary alicyclic amines) is 1. The van der Waals surface area contributed by atoms with E-state index in [1.165, 1.54) is 51.4 Å². The van der Waals surface area contributed by atoms with Crippen LogP contribution >= 0.6 is 0 Å². The zero-order valence-corrected chi connectivity index (χ0v) is 16.8. The molecule has 5 nitrogen and oxygen atoms in total. The molecule has 1 aliphatic carbocycles. The maximum Gasteiger partial charge on any atom is 0.193 e. The molecular weight excluding hydrogens is 326 g/mol. The Labute approximate surface area is 159 Å². The van der Waals surface area contributed by atoms with E-state index >= 15 is 0 Å². The van der Waals surface area contributed by atoms with E-state index in [0.717, 1.165) is 51.6 Å². The molecular formula is C21H39N3O2. The van der Waals surface area contributed by atoms with Crippen molar-refractivity contribution in [2.45, 2.75) is 71.1 Å². The fourth-order valence-corrected chi connectivity index (χ4v) is 5.11. The minimum absolute atomic E-state index is 0.0886. The molecule has 26 heavy (non-hydrogen) atoms. The lowest BCUT2D eigenvalue weighted by Gasteiger charge is -2.44. The molecule has 0 aromatic heterocycles. The van der Waals surface area contributed by atoms with Crippen molar-refractivity contribution >= 4 is 5.96 Å². The van der Waals surface area contributed by atoms with Gasteiger partial charge in [-0.2, -0.15) is 0 Å². The maximum atomic E-state index is 9.97. The molecule has 1 saturated carbocycles. The Morgan fingerprint density at radius 1 is 1.04 bits per heavy atom. The Morgan fingerprint density at radius 3 is 2.38 bits per heavy atom. The molecule has 1 spiro atoms. The Bertz CT molecular complexity index is 452. The van der Waals surface area contributed by atoms with Gasteiger partial charge in [0, 0.05) is 38.3 Å². The molecule has 0 aromatic rings. The zero-order chi connectivity index (χ0) is 18.3. The number of aliphatic imine (C=N–C) groups is 1. The summed E-state index contributed by atoms with van der Waals surface area (Å²) in [6.07, 6.45) is 12.9. The highest BCUT2D eigenvalue weighted by atomic mass is 16.5. The fraction of sp³-hybridized carbons (Fsp3) is 0.952. The van der Waals surface area contributed by atoms with E-state index in [2.05, 4.69) is 17.1 Å². The average Bonchev–Trinajstić information content (AvgIpc) is 2.91. The molecule has 0 amide bonds. The predicted octanol–water partition coefficient (Wildman–Crippen LogP) is 3.18. The molecule has 150 valence electrons. The topological polar surface area (TPSA) is 57.1 Å². The van der Waals surface area contributed by atoms with Gasteiger partial charge in [-0.3, -0.25) is 4.99 Å². The van der Waals surface area contributed by atoms with E-state index in [9.17, 15) is 5.11 Å². The van der Waals surface area contributed by atoms with Crippen molar-refractivity contribution in [3.63, 3.8) is 0 Å². The lowest BCUT2D eigenvalue weighted by atomic mass is 9.74.